The summed E-state index contributed by atoms with van der Waals surface area (Å²) in [4.78, 5) is 12.4. The third-order valence-corrected chi connectivity index (χ3v) is 4.32. The van der Waals surface area contributed by atoms with E-state index in [9.17, 15) is 4.79 Å². The summed E-state index contributed by atoms with van der Waals surface area (Å²) in [6.07, 6.45) is 1.82. The van der Waals surface area contributed by atoms with E-state index in [1.807, 2.05) is 56.3 Å². The summed E-state index contributed by atoms with van der Waals surface area (Å²) in [6.45, 7) is 4.55. The van der Waals surface area contributed by atoms with Gasteiger partial charge in [-0.1, -0.05) is 25.1 Å². The maximum absolute atomic E-state index is 12.4. The topological polar surface area (TPSA) is 56.8 Å². The molecule has 2 rings (SSSR count). The first-order valence-electron chi connectivity index (χ1n) is 9.29. The lowest BCUT2D eigenvalue weighted by molar-refractivity contribution is -0.128. The monoisotopic (exact) mass is 371 g/mol. The number of amides is 1. The van der Waals surface area contributed by atoms with E-state index < -0.39 is 6.10 Å². The summed E-state index contributed by atoms with van der Waals surface area (Å²) in [5.41, 5.74) is 2.25. The summed E-state index contributed by atoms with van der Waals surface area (Å²) >= 11 is 0. The third-order valence-electron chi connectivity index (χ3n) is 4.32. The molecule has 0 aliphatic carbocycles. The van der Waals surface area contributed by atoms with E-state index in [1.54, 1.807) is 14.2 Å². The van der Waals surface area contributed by atoms with E-state index in [0.717, 1.165) is 35.5 Å². The number of aryl methyl sites for hydroxylation is 2. The van der Waals surface area contributed by atoms with Crippen LogP contribution in [-0.4, -0.2) is 32.8 Å². The molecule has 0 aliphatic heterocycles. The van der Waals surface area contributed by atoms with Gasteiger partial charge < -0.3 is 19.5 Å². The number of carbonyl (C=O) groups is 1. The highest BCUT2D eigenvalue weighted by atomic mass is 16.5. The Kier molecular flexibility index (Phi) is 7.99. The van der Waals surface area contributed by atoms with Crippen molar-refractivity contribution in [3.8, 4) is 17.2 Å². The second kappa shape index (κ2) is 10.5. The minimum absolute atomic E-state index is 0.0775. The van der Waals surface area contributed by atoms with Crippen molar-refractivity contribution in [2.45, 2.75) is 39.2 Å². The van der Waals surface area contributed by atoms with Gasteiger partial charge in [-0.3, -0.25) is 4.79 Å². The first-order valence-corrected chi connectivity index (χ1v) is 9.29. The normalized spacial score (nSPS) is 11.6. The number of ether oxygens (including phenoxy) is 3. The first-order chi connectivity index (χ1) is 13.1. The Morgan fingerprint density at radius 2 is 1.85 bits per heavy atom. The number of hydrogen-bond donors (Lipinski definition) is 1. The van der Waals surface area contributed by atoms with E-state index in [2.05, 4.69) is 5.32 Å². The van der Waals surface area contributed by atoms with Crippen molar-refractivity contribution in [2.75, 3.05) is 20.8 Å². The molecule has 0 saturated carbocycles. The Morgan fingerprint density at radius 1 is 1.07 bits per heavy atom. The fourth-order valence-electron chi connectivity index (χ4n) is 2.83. The number of rotatable bonds is 10. The molecule has 0 unspecified atom stereocenters. The maximum atomic E-state index is 12.4. The zero-order valence-corrected chi connectivity index (χ0v) is 16.6. The largest absolute Gasteiger partial charge is 0.493 e. The Morgan fingerprint density at radius 3 is 2.52 bits per heavy atom. The van der Waals surface area contributed by atoms with Crippen LogP contribution in [0, 0.1) is 6.92 Å². The average Bonchev–Trinajstić information content (AvgIpc) is 2.69. The van der Waals surface area contributed by atoms with Crippen LogP contribution in [0.3, 0.4) is 0 Å². The smallest absolute Gasteiger partial charge is 0.261 e. The number of nitrogens with one attached hydrogen (secondary N) is 1. The Balaban J connectivity index is 1.80. The lowest BCUT2D eigenvalue weighted by Crippen LogP contribution is -2.38. The second-order valence-corrected chi connectivity index (χ2v) is 6.42. The van der Waals surface area contributed by atoms with Gasteiger partial charge in [0.15, 0.2) is 17.6 Å². The first kappa shape index (κ1) is 20.6. The van der Waals surface area contributed by atoms with Crippen LogP contribution in [-0.2, 0) is 11.2 Å². The number of carbonyl (C=O) groups excluding carboxylic acids is 1. The standard InChI is InChI=1S/C22H29NO4/c1-5-19(27-18-10-6-8-16(2)14-18)22(24)23-13-7-9-17-11-12-20(25-3)21(15-17)26-4/h6,8,10-12,14-15,19H,5,7,9,13H2,1-4H3,(H,23,24)/t19-/m1/s1. The van der Waals surface area contributed by atoms with Gasteiger partial charge in [0.05, 0.1) is 14.2 Å². The zero-order chi connectivity index (χ0) is 19.6. The molecule has 0 aliphatic rings. The zero-order valence-electron chi connectivity index (χ0n) is 16.6. The van der Waals surface area contributed by atoms with Gasteiger partial charge in [-0.25, -0.2) is 0 Å². The van der Waals surface area contributed by atoms with Gasteiger partial charge in [0.2, 0.25) is 0 Å². The van der Waals surface area contributed by atoms with Crippen molar-refractivity contribution in [3.63, 3.8) is 0 Å². The van der Waals surface area contributed by atoms with Crippen LogP contribution in [0.25, 0.3) is 0 Å². The fraction of sp³-hybridized carbons (Fsp3) is 0.409. The van der Waals surface area contributed by atoms with Crippen LogP contribution in [0.1, 0.15) is 30.9 Å². The minimum Gasteiger partial charge on any atom is -0.493 e. The molecule has 0 fully saturated rings. The molecule has 1 amide bonds. The predicted octanol–water partition coefficient (Wildman–Crippen LogP) is 3.92. The SMILES string of the molecule is CC[C@@H](Oc1cccc(C)c1)C(=O)NCCCc1ccc(OC)c(OC)c1. The van der Waals surface area contributed by atoms with Gasteiger partial charge in [-0.05, 0) is 61.6 Å². The lowest BCUT2D eigenvalue weighted by atomic mass is 10.1. The van der Waals surface area contributed by atoms with Crippen LogP contribution in [0.15, 0.2) is 42.5 Å². The van der Waals surface area contributed by atoms with Crippen molar-refractivity contribution in [1.29, 1.82) is 0 Å². The van der Waals surface area contributed by atoms with Gasteiger partial charge in [0.25, 0.3) is 5.91 Å². The molecule has 0 radical (unpaired) electrons. The molecule has 2 aromatic carbocycles. The Hall–Kier alpha value is -2.69. The summed E-state index contributed by atoms with van der Waals surface area (Å²) in [6, 6.07) is 13.6. The molecule has 146 valence electrons. The summed E-state index contributed by atoms with van der Waals surface area (Å²) < 4.78 is 16.4. The summed E-state index contributed by atoms with van der Waals surface area (Å²) in [5, 5.41) is 2.97. The Labute approximate surface area is 161 Å². The fourth-order valence-corrected chi connectivity index (χ4v) is 2.83. The highest BCUT2D eigenvalue weighted by Crippen LogP contribution is 2.27. The molecule has 0 saturated heterocycles. The lowest BCUT2D eigenvalue weighted by Gasteiger charge is -2.17. The molecule has 0 aromatic heterocycles. The highest BCUT2D eigenvalue weighted by Gasteiger charge is 2.17. The van der Waals surface area contributed by atoms with Crippen molar-refractivity contribution < 1.29 is 19.0 Å². The Bertz CT molecular complexity index is 745. The van der Waals surface area contributed by atoms with Gasteiger partial charge in [-0.15, -0.1) is 0 Å². The van der Waals surface area contributed by atoms with Crippen LogP contribution in [0.5, 0.6) is 17.2 Å². The molecule has 1 N–H and O–H groups in total. The second-order valence-electron chi connectivity index (χ2n) is 6.42. The maximum Gasteiger partial charge on any atom is 0.261 e. The molecule has 0 heterocycles. The molecule has 2 aromatic rings. The predicted molar refractivity (Wildman–Crippen MR) is 107 cm³/mol. The summed E-state index contributed by atoms with van der Waals surface area (Å²) in [5.74, 6) is 2.08. The van der Waals surface area contributed by atoms with Crippen LogP contribution < -0.4 is 19.5 Å². The third kappa shape index (κ3) is 6.20. The van der Waals surface area contributed by atoms with E-state index in [4.69, 9.17) is 14.2 Å². The van der Waals surface area contributed by atoms with Crippen molar-refractivity contribution in [2.24, 2.45) is 0 Å². The van der Waals surface area contributed by atoms with Crippen molar-refractivity contribution in [3.05, 3.63) is 53.6 Å². The van der Waals surface area contributed by atoms with Gasteiger partial charge >= 0.3 is 0 Å². The molecular formula is C22H29NO4. The van der Waals surface area contributed by atoms with Gasteiger partial charge in [0, 0.05) is 6.54 Å². The van der Waals surface area contributed by atoms with Crippen LogP contribution >= 0.6 is 0 Å². The molecule has 27 heavy (non-hydrogen) atoms. The molecule has 1 atom stereocenters. The average molecular weight is 371 g/mol. The highest BCUT2D eigenvalue weighted by molar-refractivity contribution is 5.81. The van der Waals surface area contributed by atoms with E-state index in [0.29, 0.717) is 18.7 Å². The number of methoxy groups -OCH3 is 2. The van der Waals surface area contributed by atoms with Crippen LogP contribution in [0.2, 0.25) is 0 Å². The number of benzene rings is 2. The molecule has 5 nitrogen and oxygen atoms in total. The van der Waals surface area contributed by atoms with Gasteiger partial charge in [0.1, 0.15) is 5.75 Å². The van der Waals surface area contributed by atoms with E-state index in [-0.39, 0.29) is 5.91 Å². The summed E-state index contributed by atoms with van der Waals surface area (Å²) in [7, 11) is 3.25. The van der Waals surface area contributed by atoms with E-state index in [1.165, 1.54) is 0 Å². The molecule has 5 heteroatoms. The van der Waals surface area contributed by atoms with E-state index >= 15 is 0 Å². The van der Waals surface area contributed by atoms with Crippen molar-refractivity contribution in [1.82, 2.24) is 5.32 Å². The molecule has 0 bridgehead atoms. The quantitative estimate of drug-likeness (QED) is 0.643. The number of hydrogen-bond acceptors (Lipinski definition) is 4. The molecule has 0 spiro atoms. The van der Waals surface area contributed by atoms with Crippen LogP contribution in [0.4, 0.5) is 0 Å². The van der Waals surface area contributed by atoms with Gasteiger partial charge in [-0.2, -0.15) is 0 Å². The minimum atomic E-state index is -0.479. The molecular weight excluding hydrogens is 342 g/mol. The van der Waals surface area contributed by atoms with Crippen molar-refractivity contribution >= 4 is 5.91 Å².